The molecule has 1 fully saturated rings. The lowest BCUT2D eigenvalue weighted by Crippen LogP contribution is -2.37. The van der Waals surface area contributed by atoms with Crippen LogP contribution in [0.2, 0.25) is 10.0 Å². The summed E-state index contributed by atoms with van der Waals surface area (Å²) in [7, 11) is 0. The zero-order chi connectivity index (χ0) is 15.2. The number of nitrogens with one attached hydrogen (secondary N) is 2. The van der Waals surface area contributed by atoms with Gasteiger partial charge in [-0.2, -0.15) is 5.10 Å². The SMILES string of the molecule is Oc1c(Cl)cc(Cl)cc1/C=N/NC(=S)NCC1CCCO1. The van der Waals surface area contributed by atoms with Crippen molar-refractivity contribution in [3.63, 3.8) is 0 Å². The second kappa shape index (κ2) is 7.79. The Morgan fingerprint density at radius 2 is 2.33 bits per heavy atom. The van der Waals surface area contributed by atoms with E-state index in [-0.39, 0.29) is 16.9 Å². The summed E-state index contributed by atoms with van der Waals surface area (Å²) in [6.45, 7) is 1.45. The summed E-state index contributed by atoms with van der Waals surface area (Å²) in [5.41, 5.74) is 3.06. The Hall–Kier alpha value is -1.08. The normalized spacial score (nSPS) is 18.1. The van der Waals surface area contributed by atoms with Crippen LogP contribution in [0.4, 0.5) is 0 Å². The van der Waals surface area contributed by atoms with Crippen LogP contribution in [-0.2, 0) is 4.74 Å². The van der Waals surface area contributed by atoms with Gasteiger partial charge in [0.05, 0.1) is 17.3 Å². The highest BCUT2D eigenvalue weighted by molar-refractivity contribution is 7.80. The maximum absolute atomic E-state index is 9.76. The van der Waals surface area contributed by atoms with Crippen molar-refractivity contribution in [2.24, 2.45) is 5.10 Å². The summed E-state index contributed by atoms with van der Waals surface area (Å²) in [6.07, 6.45) is 3.71. The number of hydrogen-bond acceptors (Lipinski definition) is 4. The second-order valence-corrected chi connectivity index (χ2v) is 5.79. The molecule has 1 heterocycles. The zero-order valence-electron chi connectivity index (χ0n) is 11.1. The molecule has 0 aliphatic carbocycles. The van der Waals surface area contributed by atoms with Crippen LogP contribution < -0.4 is 10.7 Å². The van der Waals surface area contributed by atoms with Gasteiger partial charge >= 0.3 is 0 Å². The molecule has 1 atom stereocenters. The lowest BCUT2D eigenvalue weighted by molar-refractivity contribution is 0.114. The quantitative estimate of drug-likeness (QED) is 0.444. The van der Waals surface area contributed by atoms with E-state index in [2.05, 4.69) is 15.8 Å². The molecular weight excluding hydrogens is 333 g/mol. The standard InChI is InChI=1S/C13H15Cl2N3O2S/c14-9-4-8(12(19)11(15)5-9)6-17-18-13(21)16-7-10-2-1-3-20-10/h4-6,10,19H,1-3,7H2,(H2,16,18,21)/b17-6+. The van der Waals surface area contributed by atoms with E-state index in [0.29, 0.717) is 22.2 Å². The van der Waals surface area contributed by atoms with Crippen LogP contribution in [0.5, 0.6) is 5.75 Å². The zero-order valence-corrected chi connectivity index (χ0v) is 13.4. The number of phenols is 1. The molecule has 1 aliphatic heterocycles. The van der Waals surface area contributed by atoms with Gasteiger partial charge in [0.1, 0.15) is 5.75 Å². The molecule has 0 spiro atoms. The molecule has 0 aromatic heterocycles. The van der Waals surface area contributed by atoms with Gasteiger partial charge in [-0.1, -0.05) is 23.2 Å². The highest BCUT2D eigenvalue weighted by Gasteiger charge is 2.15. The topological polar surface area (TPSA) is 65.9 Å². The highest BCUT2D eigenvalue weighted by Crippen LogP contribution is 2.29. The van der Waals surface area contributed by atoms with Gasteiger partial charge in [-0.3, -0.25) is 5.43 Å². The van der Waals surface area contributed by atoms with Crippen molar-refractivity contribution in [2.45, 2.75) is 18.9 Å². The third-order valence-electron chi connectivity index (χ3n) is 2.94. The van der Waals surface area contributed by atoms with E-state index < -0.39 is 0 Å². The molecule has 0 amide bonds. The number of hydrogen-bond donors (Lipinski definition) is 3. The number of aromatic hydroxyl groups is 1. The summed E-state index contributed by atoms with van der Waals surface area (Å²) in [5.74, 6) is -0.0788. The predicted molar refractivity (Wildman–Crippen MR) is 88.4 cm³/mol. The first kappa shape index (κ1) is 16.3. The largest absolute Gasteiger partial charge is 0.506 e. The number of hydrazone groups is 1. The molecular formula is C13H15Cl2N3O2S. The fourth-order valence-electron chi connectivity index (χ4n) is 1.90. The maximum Gasteiger partial charge on any atom is 0.187 e. The first-order valence-corrected chi connectivity index (χ1v) is 7.59. The molecule has 1 aromatic rings. The molecule has 1 aliphatic rings. The molecule has 1 saturated heterocycles. The summed E-state index contributed by atoms with van der Waals surface area (Å²) in [4.78, 5) is 0. The number of phenolic OH excluding ortho intramolecular Hbond substituents is 1. The van der Waals surface area contributed by atoms with Gasteiger partial charge < -0.3 is 15.2 Å². The molecule has 114 valence electrons. The Labute approximate surface area is 138 Å². The number of thiocarbonyl (C=S) groups is 1. The van der Waals surface area contributed by atoms with Crippen molar-refractivity contribution in [3.05, 3.63) is 27.7 Å². The lowest BCUT2D eigenvalue weighted by Gasteiger charge is -2.11. The average molecular weight is 348 g/mol. The molecule has 1 aromatic carbocycles. The Morgan fingerprint density at radius 1 is 1.52 bits per heavy atom. The van der Waals surface area contributed by atoms with Crippen LogP contribution in [0.1, 0.15) is 18.4 Å². The predicted octanol–water partition coefficient (Wildman–Crippen LogP) is 2.68. The van der Waals surface area contributed by atoms with E-state index in [1.807, 2.05) is 0 Å². The van der Waals surface area contributed by atoms with Crippen LogP contribution in [0, 0.1) is 0 Å². The van der Waals surface area contributed by atoms with Gasteiger partial charge in [0, 0.05) is 23.7 Å². The molecule has 3 N–H and O–H groups in total. The van der Waals surface area contributed by atoms with Crippen molar-refractivity contribution in [1.29, 1.82) is 0 Å². The molecule has 8 heteroatoms. The summed E-state index contributed by atoms with van der Waals surface area (Å²) in [5, 5.41) is 17.7. The summed E-state index contributed by atoms with van der Waals surface area (Å²) < 4.78 is 5.47. The summed E-state index contributed by atoms with van der Waals surface area (Å²) >= 11 is 16.8. The fourth-order valence-corrected chi connectivity index (χ4v) is 2.54. The number of halogens is 2. The van der Waals surface area contributed by atoms with Crippen LogP contribution in [-0.4, -0.2) is 35.7 Å². The second-order valence-electron chi connectivity index (χ2n) is 4.54. The van der Waals surface area contributed by atoms with E-state index in [9.17, 15) is 5.11 Å². The van der Waals surface area contributed by atoms with Crippen molar-refractivity contribution in [2.75, 3.05) is 13.2 Å². The van der Waals surface area contributed by atoms with Crippen molar-refractivity contribution in [1.82, 2.24) is 10.7 Å². The first-order chi connectivity index (χ1) is 10.1. The molecule has 0 radical (unpaired) electrons. The monoisotopic (exact) mass is 347 g/mol. The third-order valence-corrected chi connectivity index (χ3v) is 3.68. The number of ether oxygens (including phenoxy) is 1. The number of rotatable bonds is 4. The van der Waals surface area contributed by atoms with Gasteiger partial charge in [-0.05, 0) is 37.2 Å². The summed E-state index contributed by atoms with van der Waals surface area (Å²) in [6, 6.07) is 3.01. The number of benzene rings is 1. The van der Waals surface area contributed by atoms with Crippen LogP contribution >= 0.6 is 35.4 Å². The van der Waals surface area contributed by atoms with Crippen LogP contribution in [0.3, 0.4) is 0 Å². The Balaban J connectivity index is 1.82. The third kappa shape index (κ3) is 5.00. The number of nitrogens with zero attached hydrogens (tertiary/aromatic N) is 1. The average Bonchev–Trinajstić information content (AvgIpc) is 2.95. The minimum atomic E-state index is -0.0788. The van der Waals surface area contributed by atoms with Crippen LogP contribution in [0.15, 0.2) is 17.2 Å². The maximum atomic E-state index is 9.76. The minimum Gasteiger partial charge on any atom is -0.506 e. The van der Waals surface area contributed by atoms with Gasteiger partial charge in [0.15, 0.2) is 5.11 Å². The highest BCUT2D eigenvalue weighted by atomic mass is 35.5. The van der Waals surface area contributed by atoms with Crippen molar-refractivity contribution >= 4 is 46.7 Å². The van der Waals surface area contributed by atoms with E-state index in [4.69, 9.17) is 40.2 Å². The van der Waals surface area contributed by atoms with Gasteiger partial charge in [0.2, 0.25) is 0 Å². The lowest BCUT2D eigenvalue weighted by atomic mass is 10.2. The van der Waals surface area contributed by atoms with Crippen molar-refractivity contribution in [3.8, 4) is 5.75 Å². The Morgan fingerprint density at radius 3 is 3.05 bits per heavy atom. The Kier molecular flexibility index (Phi) is 6.05. The fraction of sp³-hybridized carbons (Fsp3) is 0.385. The molecule has 0 saturated carbocycles. The van der Waals surface area contributed by atoms with E-state index >= 15 is 0 Å². The molecule has 21 heavy (non-hydrogen) atoms. The Bertz CT molecular complexity index is 548. The van der Waals surface area contributed by atoms with Gasteiger partial charge in [-0.25, -0.2) is 0 Å². The minimum absolute atomic E-state index is 0.0788. The van der Waals surface area contributed by atoms with Gasteiger partial charge in [0.25, 0.3) is 0 Å². The van der Waals surface area contributed by atoms with E-state index in [0.717, 1.165) is 19.4 Å². The smallest absolute Gasteiger partial charge is 0.187 e. The molecule has 0 bridgehead atoms. The van der Waals surface area contributed by atoms with Crippen LogP contribution in [0.25, 0.3) is 0 Å². The van der Waals surface area contributed by atoms with Crippen molar-refractivity contribution < 1.29 is 9.84 Å². The van der Waals surface area contributed by atoms with E-state index in [1.165, 1.54) is 12.3 Å². The molecule has 5 nitrogen and oxygen atoms in total. The van der Waals surface area contributed by atoms with E-state index in [1.54, 1.807) is 6.07 Å². The molecule has 2 rings (SSSR count). The van der Waals surface area contributed by atoms with Gasteiger partial charge in [-0.15, -0.1) is 0 Å². The molecule has 1 unspecified atom stereocenters. The first-order valence-electron chi connectivity index (χ1n) is 6.43.